The van der Waals surface area contributed by atoms with E-state index in [9.17, 15) is 18.0 Å². The van der Waals surface area contributed by atoms with Crippen molar-refractivity contribution in [2.24, 2.45) is 0 Å². The molecule has 0 atom stereocenters. The molecule has 8 nitrogen and oxygen atoms in total. The van der Waals surface area contributed by atoms with Crippen LogP contribution in [0.2, 0.25) is 0 Å². The Morgan fingerprint density at radius 1 is 1.12 bits per heavy atom. The summed E-state index contributed by atoms with van der Waals surface area (Å²) in [5, 5.41) is 2.83. The fraction of sp³-hybridized carbons (Fsp3) is 0.417. The van der Waals surface area contributed by atoms with Crippen LogP contribution < -0.4 is 19.7 Å². The van der Waals surface area contributed by atoms with E-state index in [1.54, 1.807) is 0 Å². The van der Waals surface area contributed by atoms with Crippen molar-refractivity contribution >= 4 is 27.5 Å². The van der Waals surface area contributed by atoms with E-state index in [4.69, 9.17) is 4.74 Å². The minimum absolute atomic E-state index is 0.0521. The number of hydrogen-bond donors (Lipinski definition) is 2. The molecule has 176 valence electrons. The zero-order valence-corrected chi connectivity index (χ0v) is 19.5. The average Bonchev–Trinajstić information content (AvgIpc) is 3.29. The quantitative estimate of drug-likeness (QED) is 0.615. The Morgan fingerprint density at radius 3 is 2.58 bits per heavy atom. The molecule has 2 amide bonds. The van der Waals surface area contributed by atoms with Crippen molar-refractivity contribution in [3.05, 3.63) is 53.6 Å². The van der Waals surface area contributed by atoms with Crippen LogP contribution in [0.5, 0.6) is 5.75 Å². The van der Waals surface area contributed by atoms with Crippen molar-refractivity contribution < 1.29 is 22.7 Å². The van der Waals surface area contributed by atoms with Crippen LogP contribution in [0.15, 0.2) is 47.4 Å². The smallest absolute Gasteiger partial charge is 0.265 e. The molecular formula is C24H29N3O5S. The van der Waals surface area contributed by atoms with Crippen LogP contribution in [0.1, 0.15) is 36.8 Å². The number of sulfonamides is 1. The molecule has 0 unspecified atom stereocenters. The molecule has 2 aromatic carbocycles. The summed E-state index contributed by atoms with van der Waals surface area (Å²) in [5.74, 6) is -0.336. The summed E-state index contributed by atoms with van der Waals surface area (Å²) in [6.45, 7) is 2.05. The van der Waals surface area contributed by atoms with Crippen LogP contribution in [0.4, 0.5) is 5.69 Å². The van der Waals surface area contributed by atoms with Gasteiger partial charge < -0.3 is 10.1 Å². The summed E-state index contributed by atoms with van der Waals surface area (Å²) >= 11 is 0. The van der Waals surface area contributed by atoms with Crippen molar-refractivity contribution in [1.82, 2.24) is 10.0 Å². The van der Waals surface area contributed by atoms with Crippen molar-refractivity contribution in [2.45, 2.75) is 50.0 Å². The molecule has 2 aliphatic rings. The molecule has 0 radical (unpaired) electrons. The molecule has 33 heavy (non-hydrogen) atoms. The van der Waals surface area contributed by atoms with Gasteiger partial charge in [0.25, 0.3) is 5.91 Å². The molecule has 0 saturated heterocycles. The number of rotatable bonds is 8. The molecule has 4 rings (SSSR count). The molecule has 2 N–H and O–H groups in total. The summed E-state index contributed by atoms with van der Waals surface area (Å²) in [6, 6.07) is 12.4. The second-order valence-corrected chi connectivity index (χ2v) is 10.3. The lowest BCUT2D eigenvalue weighted by molar-refractivity contribution is -0.125. The van der Waals surface area contributed by atoms with E-state index < -0.39 is 15.9 Å². The van der Waals surface area contributed by atoms with E-state index in [1.165, 1.54) is 28.7 Å². The van der Waals surface area contributed by atoms with Crippen LogP contribution in [0.3, 0.4) is 0 Å². The van der Waals surface area contributed by atoms with Crippen LogP contribution in [-0.2, 0) is 26.0 Å². The van der Waals surface area contributed by atoms with Gasteiger partial charge in [-0.1, -0.05) is 42.7 Å². The SMILES string of the molecule is Cc1ccc(CCNC(=O)CN2C(=O)COc3ccc(S(=O)(=O)NC4CCCC4)cc32)cc1. The van der Waals surface area contributed by atoms with Gasteiger partial charge in [0, 0.05) is 12.6 Å². The maximum atomic E-state index is 12.8. The fourth-order valence-corrected chi connectivity index (χ4v) is 5.48. The number of nitrogens with zero attached hydrogens (tertiary/aromatic N) is 1. The largest absolute Gasteiger partial charge is 0.482 e. The predicted octanol–water partition coefficient (Wildman–Crippen LogP) is 2.30. The van der Waals surface area contributed by atoms with Gasteiger partial charge in [-0.15, -0.1) is 0 Å². The number of amides is 2. The van der Waals surface area contributed by atoms with Gasteiger partial charge in [-0.25, -0.2) is 13.1 Å². The predicted molar refractivity (Wildman–Crippen MR) is 125 cm³/mol. The fourth-order valence-electron chi connectivity index (χ4n) is 4.15. The normalized spacial score (nSPS) is 16.4. The van der Waals surface area contributed by atoms with Crippen molar-refractivity contribution in [3.63, 3.8) is 0 Å². The highest BCUT2D eigenvalue weighted by Crippen LogP contribution is 2.34. The third kappa shape index (κ3) is 5.72. The highest BCUT2D eigenvalue weighted by atomic mass is 32.2. The van der Waals surface area contributed by atoms with E-state index in [0.717, 1.165) is 31.2 Å². The van der Waals surface area contributed by atoms with Crippen molar-refractivity contribution in [2.75, 3.05) is 24.6 Å². The molecule has 1 aliphatic carbocycles. The van der Waals surface area contributed by atoms with Crippen molar-refractivity contribution in [1.29, 1.82) is 0 Å². The monoisotopic (exact) mass is 471 g/mol. The Hall–Kier alpha value is -2.91. The molecule has 0 aromatic heterocycles. The average molecular weight is 472 g/mol. The third-order valence-electron chi connectivity index (χ3n) is 6.02. The molecule has 9 heteroatoms. The maximum absolute atomic E-state index is 12.8. The van der Waals surface area contributed by atoms with Crippen molar-refractivity contribution in [3.8, 4) is 5.75 Å². The van der Waals surface area contributed by atoms with Gasteiger partial charge in [0.2, 0.25) is 15.9 Å². The summed E-state index contributed by atoms with van der Waals surface area (Å²) in [5.41, 5.74) is 2.57. The Morgan fingerprint density at radius 2 is 1.85 bits per heavy atom. The Balaban J connectivity index is 1.43. The maximum Gasteiger partial charge on any atom is 0.265 e. The number of carbonyl (C=O) groups excluding carboxylic acids is 2. The van der Waals surface area contributed by atoms with Gasteiger partial charge in [-0.05, 0) is 49.9 Å². The Bertz CT molecular complexity index is 1130. The molecule has 1 saturated carbocycles. The van der Waals surface area contributed by atoms with Crippen LogP contribution in [0, 0.1) is 6.92 Å². The second-order valence-electron chi connectivity index (χ2n) is 8.59. The topological polar surface area (TPSA) is 105 Å². The first-order valence-corrected chi connectivity index (χ1v) is 12.7. The minimum atomic E-state index is -3.74. The molecule has 2 aromatic rings. The van der Waals surface area contributed by atoms with Gasteiger partial charge in [0.05, 0.1) is 10.6 Å². The van der Waals surface area contributed by atoms with Crippen LogP contribution in [0.25, 0.3) is 0 Å². The molecule has 1 fully saturated rings. The van der Waals surface area contributed by atoms with E-state index in [2.05, 4.69) is 10.0 Å². The number of aryl methyl sites for hydroxylation is 1. The summed E-state index contributed by atoms with van der Waals surface area (Å²) in [4.78, 5) is 26.4. The summed E-state index contributed by atoms with van der Waals surface area (Å²) in [6.07, 6.45) is 4.33. The highest BCUT2D eigenvalue weighted by Gasteiger charge is 2.30. The lowest BCUT2D eigenvalue weighted by Crippen LogP contribution is -2.45. The standard InChI is InChI=1S/C24H29N3O5S/c1-17-6-8-18(9-7-17)12-13-25-23(28)15-27-21-14-20(10-11-22(21)32-16-24(27)29)33(30,31)26-19-4-2-3-5-19/h6-11,14,19,26H,2-5,12-13,15-16H2,1H3,(H,25,28). The first kappa shape index (κ1) is 23.3. The zero-order valence-electron chi connectivity index (χ0n) is 18.7. The molecule has 1 heterocycles. The van der Waals surface area contributed by atoms with E-state index in [1.807, 2.05) is 31.2 Å². The third-order valence-corrected chi connectivity index (χ3v) is 7.54. The van der Waals surface area contributed by atoms with E-state index in [0.29, 0.717) is 18.7 Å². The lowest BCUT2D eigenvalue weighted by atomic mass is 10.1. The van der Waals surface area contributed by atoms with E-state index >= 15 is 0 Å². The number of hydrogen-bond acceptors (Lipinski definition) is 5. The van der Waals surface area contributed by atoms with Gasteiger partial charge in [-0.3, -0.25) is 14.5 Å². The summed E-state index contributed by atoms with van der Waals surface area (Å²) < 4.78 is 33.9. The number of nitrogens with one attached hydrogen (secondary N) is 2. The molecular weight excluding hydrogens is 442 g/mol. The van der Waals surface area contributed by atoms with Crippen LogP contribution in [-0.4, -0.2) is 46.0 Å². The molecule has 0 bridgehead atoms. The number of carbonyl (C=O) groups is 2. The zero-order chi connectivity index (χ0) is 23.4. The van der Waals surface area contributed by atoms with Gasteiger partial charge in [0.15, 0.2) is 6.61 Å². The number of fused-ring (bicyclic) bond motifs is 1. The van der Waals surface area contributed by atoms with Gasteiger partial charge in [0.1, 0.15) is 12.3 Å². The Labute approximate surface area is 194 Å². The first-order chi connectivity index (χ1) is 15.8. The lowest BCUT2D eigenvalue weighted by Gasteiger charge is -2.29. The second kappa shape index (κ2) is 9.93. The van der Waals surface area contributed by atoms with E-state index in [-0.39, 0.29) is 35.7 Å². The number of benzene rings is 2. The first-order valence-electron chi connectivity index (χ1n) is 11.2. The molecule has 1 aliphatic heterocycles. The number of ether oxygens (including phenoxy) is 1. The summed E-state index contributed by atoms with van der Waals surface area (Å²) in [7, 11) is -3.74. The highest BCUT2D eigenvalue weighted by molar-refractivity contribution is 7.89. The van der Waals surface area contributed by atoms with Crippen LogP contribution >= 0.6 is 0 Å². The number of anilines is 1. The van der Waals surface area contributed by atoms with Gasteiger partial charge >= 0.3 is 0 Å². The molecule has 0 spiro atoms. The Kier molecular flexibility index (Phi) is 6.99. The minimum Gasteiger partial charge on any atom is -0.482 e. The van der Waals surface area contributed by atoms with Gasteiger partial charge in [-0.2, -0.15) is 0 Å².